The molecule has 3 aromatic rings. The van der Waals surface area contributed by atoms with E-state index in [4.69, 9.17) is 25.8 Å². The number of hydrogen-bond acceptors (Lipinski definition) is 7. The van der Waals surface area contributed by atoms with Crippen LogP contribution in [0.1, 0.15) is 25.3 Å². The molecule has 0 spiro atoms. The van der Waals surface area contributed by atoms with E-state index in [0.29, 0.717) is 35.0 Å². The van der Waals surface area contributed by atoms with Crippen molar-refractivity contribution in [2.45, 2.75) is 19.8 Å². The Hall–Kier alpha value is -4.64. The fourth-order valence-electron chi connectivity index (χ4n) is 3.17. The lowest BCUT2D eigenvalue weighted by Gasteiger charge is -2.11. The molecule has 0 aliphatic rings. The minimum absolute atomic E-state index is 0.118. The average Bonchev–Trinajstić information content (AvgIpc) is 2.95. The second kappa shape index (κ2) is 15.1. The highest BCUT2D eigenvalue weighted by Gasteiger charge is 2.13. The molecule has 3 aromatic carbocycles. The van der Waals surface area contributed by atoms with Crippen molar-refractivity contribution in [1.29, 1.82) is 0 Å². The summed E-state index contributed by atoms with van der Waals surface area (Å²) in [5.74, 6) is -1.69. The van der Waals surface area contributed by atoms with Crippen LogP contribution in [0.25, 0.3) is 0 Å². The van der Waals surface area contributed by atoms with Gasteiger partial charge in [-0.15, -0.1) is 0 Å². The third kappa shape index (κ3) is 9.28. The number of unbranched alkanes of at least 4 members (excludes halogenated alkanes) is 1. The van der Waals surface area contributed by atoms with Gasteiger partial charge in [-0.3, -0.25) is 14.4 Å². The van der Waals surface area contributed by atoms with Crippen LogP contribution in [0.3, 0.4) is 0 Å². The zero-order chi connectivity index (χ0) is 28.9. The summed E-state index contributed by atoms with van der Waals surface area (Å²) in [5, 5.41) is 8.71. The predicted molar refractivity (Wildman–Crippen MR) is 150 cm³/mol. The van der Waals surface area contributed by atoms with Crippen LogP contribution < -0.4 is 30.3 Å². The molecular weight excluding hydrogens is 543 g/mol. The average molecular weight is 571 g/mol. The summed E-state index contributed by atoms with van der Waals surface area (Å²) in [6, 6.07) is 15.2. The molecule has 0 saturated heterocycles. The van der Waals surface area contributed by atoms with E-state index in [1.165, 1.54) is 25.5 Å². The zero-order valence-electron chi connectivity index (χ0n) is 21.8. The predicted octanol–water partition coefficient (Wildman–Crippen LogP) is 4.77. The van der Waals surface area contributed by atoms with Crippen molar-refractivity contribution >= 4 is 46.9 Å². The van der Waals surface area contributed by atoms with E-state index in [0.717, 1.165) is 18.9 Å². The van der Waals surface area contributed by atoms with Crippen molar-refractivity contribution in [3.8, 4) is 17.2 Å². The van der Waals surface area contributed by atoms with Gasteiger partial charge in [0.05, 0.1) is 25.0 Å². The molecule has 12 heteroatoms. The summed E-state index contributed by atoms with van der Waals surface area (Å²) >= 11 is 5.72. The quantitative estimate of drug-likeness (QED) is 0.125. The molecule has 3 amide bonds. The van der Waals surface area contributed by atoms with Gasteiger partial charge in [0.25, 0.3) is 5.91 Å². The number of anilines is 2. The lowest BCUT2D eigenvalue weighted by Crippen LogP contribution is -2.32. The van der Waals surface area contributed by atoms with Crippen molar-refractivity contribution in [2.24, 2.45) is 5.10 Å². The molecule has 0 bridgehead atoms. The molecule has 0 fully saturated rings. The van der Waals surface area contributed by atoms with Crippen molar-refractivity contribution in [3.63, 3.8) is 0 Å². The highest BCUT2D eigenvalue weighted by atomic mass is 35.5. The fourth-order valence-corrected chi connectivity index (χ4v) is 3.35. The fraction of sp³-hybridized carbons (Fsp3) is 0.214. The standard InChI is InChI=1S/C28H28ClFN4O6/c1-3-4-13-39-21-9-6-19(7-10-21)33-27(36)28(37)34-31-16-18-5-12-24(25(14-18)38-2)40-17-26(35)32-20-8-11-23(30)22(29)15-20/h5-12,14-16H,3-4,13,17H2,1-2H3,(H,32,35)(H,33,36)(H,34,37)/b31-16-. The van der Waals surface area contributed by atoms with E-state index >= 15 is 0 Å². The minimum atomic E-state index is -0.958. The highest BCUT2D eigenvalue weighted by molar-refractivity contribution is 6.39. The van der Waals surface area contributed by atoms with E-state index in [9.17, 15) is 18.8 Å². The summed E-state index contributed by atoms with van der Waals surface area (Å²) in [6.45, 7) is 2.33. The molecule has 3 N–H and O–H groups in total. The number of hydrogen-bond donors (Lipinski definition) is 3. The van der Waals surface area contributed by atoms with Crippen LogP contribution in [0.5, 0.6) is 17.2 Å². The molecule has 0 unspecified atom stereocenters. The molecule has 0 heterocycles. The molecule has 0 aliphatic heterocycles. The summed E-state index contributed by atoms with van der Waals surface area (Å²) in [4.78, 5) is 36.4. The van der Waals surface area contributed by atoms with Crippen molar-refractivity contribution < 1.29 is 33.0 Å². The molecule has 0 aliphatic carbocycles. The van der Waals surface area contributed by atoms with Crippen LogP contribution in [0.4, 0.5) is 15.8 Å². The Labute approximate surface area is 235 Å². The molecule has 0 atom stereocenters. The maximum Gasteiger partial charge on any atom is 0.329 e. The number of methoxy groups -OCH3 is 1. The second-order valence-electron chi connectivity index (χ2n) is 8.26. The van der Waals surface area contributed by atoms with E-state index in [-0.39, 0.29) is 17.4 Å². The number of rotatable bonds is 12. The number of halogens is 2. The van der Waals surface area contributed by atoms with Gasteiger partial charge in [0.2, 0.25) is 0 Å². The third-order valence-corrected chi connectivity index (χ3v) is 5.50. The third-order valence-electron chi connectivity index (χ3n) is 5.21. The first-order valence-corrected chi connectivity index (χ1v) is 12.6. The Kier molecular flexibility index (Phi) is 11.3. The smallest absolute Gasteiger partial charge is 0.329 e. The number of nitrogens with one attached hydrogen (secondary N) is 3. The lowest BCUT2D eigenvalue weighted by molar-refractivity contribution is -0.136. The number of carbonyl (C=O) groups is 3. The van der Waals surface area contributed by atoms with Crippen molar-refractivity contribution in [3.05, 3.63) is 77.1 Å². The van der Waals surface area contributed by atoms with Crippen LogP contribution >= 0.6 is 11.6 Å². The van der Waals surface area contributed by atoms with E-state index in [1.807, 2.05) is 0 Å². The Morgan fingerprint density at radius 3 is 2.38 bits per heavy atom. The first-order valence-electron chi connectivity index (χ1n) is 12.2. The monoisotopic (exact) mass is 570 g/mol. The number of amides is 3. The molecule has 0 saturated carbocycles. The maximum atomic E-state index is 13.3. The van der Waals surface area contributed by atoms with Gasteiger partial charge >= 0.3 is 11.8 Å². The summed E-state index contributed by atoms with van der Waals surface area (Å²) < 4.78 is 29.6. The Morgan fingerprint density at radius 2 is 1.68 bits per heavy atom. The summed E-state index contributed by atoms with van der Waals surface area (Å²) in [5.41, 5.74) is 3.43. The molecule has 10 nitrogen and oxygen atoms in total. The molecule has 3 rings (SSSR count). The molecule has 210 valence electrons. The maximum absolute atomic E-state index is 13.3. The number of carbonyl (C=O) groups excluding carboxylic acids is 3. The van der Waals surface area contributed by atoms with Gasteiger partial charge in [0.1, 0.15) is 11.6 Å². The highest BCUT2D eigenvalue weighted by Crippen LogP contribution is 2.27. The van der Waals surface area contributed by atoms with Gasteiger partial charge in [0.15, 0.2) is 18.1 Å². The first kappa shape index (κ1) is 29.9. The molecular formula is C28H28ClFN4O6. The van der Waals surface area contributed by atoms with Gasteiger partial charge in [-0.05, 0) is 72.6 Å². The van der Waals surface area contributed by atoms with E-state index < -0.39 is 23.5 Å². The number of hydrazone groups is 1. The Bertz CT molecular complexity index is 1370. The van der Waals surface area contributed by atoms with Gasteiger partial charge in [-0.25, -0.2) is 9.82 Å². The van der Waals surface area contributed by atoms with Crippen LogP contribution in [0.2, 0.25) is 5.02 Å². The van der Waals surface area contributed by atoms with Crippen molar-refractivity contribution in [2.75, 3.05) is 31.0 Å². The Balaban J connectivity index is 1.48. The SMILES string of the molecule is CCCCOc1ccc(NC(=O)C(=O)N/N=C\c2ccc(OCC(=O)Nc3ccc(F)c(Cl)c3)c(OC)c2)cc1. The molecule has 0 aromatic heterocycles. The van der Waals surface area contributed by atoms with Crippen molar-refractivity contribution in [1.82, 2.24) is 5.43 Å². The summed E-state index contributed by atoms with van der Waals surface area (Å²) in [7, 11) is 1.42. The largest absolute Gasteiger partial charge is 0.494 e. The van der Waals surface area contributed by atoms with Crippen LogP contribution in [-0.4, -0.2) is 44.3 Å². The van der Waals surface area contributed by atoms with Gasteiger partial charge < -0.3 is 24.8 Å². The zero-order valence-corrected chi connectivity index (χ0v) is 22.6. The number of nitrogens with zero attached hydrogens (tertiary/aromatic N) is 1. The topological polar surface area (TPSA) is 127 Å². The van der Waals surface area contributed by atoms with Gasteiger partial charge in [-0.1, -0.05) is 24.9 Å². The molecule has 40 heavy (non-hydrogen) atoms. The van der Waals surface area contributed by atoms with E-state index in [1.54, 1.807) is 42.5 Å². The number of benzene rings is 3. The normalized spacial score (nSPS) is 10.6. The second-order valence-corrected chi connectivity index (χ2v) is 8.66. The van der Waals surface area contributed by atoms with Crippen LogP contribution in [-0.2, 0) is 14.4 Å². The minimum Gasteiger partial charge on any atom is -0.494 e. The number of ether oxygens (including phenoxy) is 3. The Morgan fingerprint density at radius 1 is 0.925 bits per heavy atom. The van der Waals surface area contributed by atoms with Gasteiger partial charge in [0, 0.05) is 11.4 Å². The van der Waals surface area contributed by atoms with Gasteiger partial charge in [-0.2, -0.15) is 5.10 Å². The van der Waals surface area contributed by atoms with Crippen LogP contribution in [0, 0.1) is 5.82 Å². The van der Waals surface area contributed by atoms with E-state index in [2.05, 4.69) is 28.1 Å². The molecule has 0 radical (unpaired) electrons. The first-order chi connectivity index (χ1) is 19.3. The summed E-state index contributed by atoms with van der Waals surface area (Å²) in [6.07, 6.45) is 3.28. The van der Waals surface area contributed by atoms with Crippen LogP contribution in [0.15, 0.2) is 65.8 Å². The lowest BCUT2D eigenvalue weighted by atomic mass is 10.2.